The third-order valence-corrected chi connectivity index (χ3v) is 17.0. The van der Waals surface area contributed by atoms with Crippen LogP contribution in [0.15, 0.2) is 239 Å². The number of allylic oxidation sites excluding steroid dienone is 4. The molecule has 0 fully saturated rings. The third-order valence-electron chi connectivity index (χ3n) is 17.0. The fourth-order valence-electron chi connectivity index (χ4n) is 13.4. The number of furan rings is 2. The molecule has 0 radical (unpaired) electrons. The van der Waals surface area contributed by atoms with Crippen LogP contribution in [0.5, 0.6) is 0 Å². The summed E-state index contributed by atoms with van der Waals surface area (Å²) in [6.07, 6.45) is 9.91. The van der Waals surface area contributed by atoms with E-state index in [-0.39, 0.29) is 10.8 Å². The number of para-hydroxylation sites is 2. The average molecular weight is 964 g/mol. The molecular formula is C72H53NO2. The second-order valence-corrected chi connectivity index (χ2v) is 21.8. The minimum Gasteiger partial charge on any atom is -0.456 e. The summed E-state index contributed by atoms with van der Waals surface area (Å²) >= 11 is 0. The number of benzene rings is 10. The Labute approximate surface area is 437 Å². The van der Waals surface area contributed by atoms with Crippen LogP contribution in [0.25, 0.3) is 99.5 Å². The van der Waals surface area contributed by atoms with Gasteiger partial charge < -0.3 is 13.7 Å². The number of anilines is 3. The molecule has 1 unspecified atom stereocenters. The fourth-order valence-corrected chi connectivity index (χ4v) is 13.4. The minimum absolute atomic E-state index is 0.143. The summed E-state index contributed by atoms with van der Waals surface area (Å²) in [5.74, 6) is 0.362. The number of rotatable bonds is 7. The average Bonchev–Trinajstić information content (AvgIpc) is 4.16. The van der Waals surface area contributed by atoms with E-state index >= 15 is 0 Å². The molecule has 75 heavy (non-hydrogen) atoms. The van der Waals surface area contributed by atoms with Gasteiger partial charge in [-0.05, 0) is 146 Å². The largest absolute Gasteiger partial charge is 0.456 e. The highest BCUT2D eigenvalue weighted by Gasteiger charge is 2.39. The van der Waals surface area contributed by atoms with Crippen LogP contribution in [0.4, 0.5) is 17.1 Å². The quantitative estimate of drug-likeness (QED) is 0.159. The molecule has 12 aromatic rings. The van der Waals surface area contributed by atoms with Crippen LogP contribution in [-0.4, -0.2) is 0 Å². The van der Waals surface area contributed by atoms with Crippen LogP contribution in [0.3, 0.4) is 0 Å². The lowest BCUT2D eigenvalue weighted by atomic mass is 9.80. The highest BCUT2D eigenvalue weighted by Crippen LogP contribution is 2.56. The van der Waals surface area contributed by atoms with Gasteiger partial charge in [-0.3, -0.25) is 0 Å². The first-order valence-electron chi connectivity index (χ1n) is 26.4. The van der Waals surface area contributed by atoms with Crippen LogP contribution in [0, 0.1) is 0 Å². The lowest BCUT2D eigenvalue weighted by Crippen LogP contribution is -2.16. The van der Waals surface area contributed by atoms with Crippen molar-refractivity contribution in [3.63, 3.8) is 0 Å². The maximum atomic E-state index is 6.73. The van der Waals surface area contributed by atoms with Crippen molar-refractivity contribution < 1.29 is 8.83 Å². The van der Waals surface area contributed by atoms with Crippen molar-refractivity contribution in [3.8, 4) is 55.6 Å². The molecule has 0 saturated carbocycles. The van der Waals surface area contributed by atoms with Gasteiger partial charge in [0.2, 0.25) is 0 Å². The Kier molecular flexibility index (Phi) is 9.48. The molecule has 0 amide bonds. The number of nitrogens with zero attached hydrogens (tertiary/aromatic N) is 1. The van der Waals surface area contributed by atoms with Crippen molar-refractivity contribution in [1.29, 1.82) is 0 Å². The zero-order chi connectivity index (χ0) is 50.2. The molecule has 15 rings (SSSR count). The van der Waals surface area contributed by atoms with E-state index in [9.17, 15) is 0 Å². The van der Waals surface area contributed by atoms with Gasteiger partial charge in [-0.2, -0.15) is 0 Å². The number of fused-ring (bicyclic) bond motifs is 12. The second kappa shape index (κ2) is 16.3. The zero-order valence-corrected chi connectivity index (χ0v) is 42.5. The highest BCUT2D eigenvalue weighted by atomic mass is 16.3. The smallest absolute Gasteiger partial charge is 0.136 e. The Morgan fingerprint density at radius 2 is 0.920 bits per heavy atom. The van der Waals surface area contributed by atoms with Crippen LogP contribution in [-0.2, 0) is 10.8 Å². The molecule has 3 aliphatic carbocycles. The first kappa shape index (κ1) is 43.6. The van der Waals surface area contributed by atoms with E-state index in [1.54, 1.807) is 0 Å². The lowest BCUT2D eigenvalue weighted by Gasteiger charge is -2.29. The summed E-state index contributed by atoms with van der Waals surface area (Å²) < 4.78 is 13.4. The predicted molar refractivity (Wildman–Crippen MR) is 313 cm³/mol. The predicted octanol–water partition coefficient (Wildman–Crippen LogP) is 20.2. The van der Waals surface area contributed by atoms with E-state index in [0.29, 0.717) is 5.92 Å². The molecule has 3 aliphatic rings. The highest BCUT2D eigenvalue weighted by molar-refractivity contribution is 6.20. The molecule has 1 atom stereocenters. The van der Waals surface area contributed by atoms with Gasteiger partial charge >= 0.3 is 0 Å². The molecule has 10 aromatic carbocycles. The normalized spacial score (nSPS) is 15.7. The van der Waals surface area contributed by atoms with Gasteiger partial charge in [-0.25, -0.2) is 0 Å². The Bertz CT molecular complexity index is 4380. The fraction of sp³-hybridized carbons (Fsp3) is 0.111. The Morgan fingerprint density at radius 1 is 0.400 bits per heavy atom. The van der Waals surface area contributed by atoms with Gasteiger partial charge in [0.1, 0.15) is 22.3 Å². The van der Waals surface area contributed by atoms with Crippen molar-refractivity contribution in [2.75, 3.05) is 4.90 Å². The summed E-state index contributed by atoms with van der Waals surface area (Å²) in [6.45, 7) is 9.46. The number of hydrogen-bond acceptors (Lipinski definition) is 3. The summed E-state index contributed by atoms with van der Waals surface area (Å²) in [4.78, 5) is 2.47. The van der Waals surface area contributed by atoms with Crippen molar-refractivity contribution in [2.45, 2.75) is 50.9 Å². The molecular weight excluding hydrogens is 911 g/mol. The van der Waals surface area contributed by atoms with Crippen LogP contribution < -0.4 is 4.90 Å². The summed E-state index contributed by atoms with van der Waals surface area (Å²) in [5.41, 5.74) is 25.3. The SMILES string of the molecule is CC1(C)c2ccccc2-c2ccc(-c3c(-c4ccc5oc6ccccc6c5c4-c4ccc(N(c5ccc(C6C=CC=CC6)cc5)c5cccc6c5-c5ccccc5C6(C)C)cc4)ccc4oc5ccccc5c34)cc21. The maximum Gasteiger partial charge on any atom is 0.136 e. The van der Waals surface area contributed by atoms with Gasteiger partial charge in [0, 0.05) is 66.4 Å². The first-order valence-corrected chi connectivity index (χ1v) is 26.4. The second-order valence-electron chi connectivity index (χ2n) is 21.8. The standard InChI is InChI=1S/C72H53NO2/c1-71(2)58-24-13-9-20-54(58)68-59(71)25-16-26-61(68)73(48-34-29-45(30-35-48)44-17-6-5-7-18-44)49-36-31-46(32-37-49)66-52(39-41-64-69(66)55-21-10-14-27-62(55)74-64)53-40-42-65-70(56-22-11-15-28-63(56)75-65)67(53)47-33-38-51-50-19-8-12-23-57(50)72(3,4)60(51)43-47/h5-17,19-44H,18H2,1-4H3. The van der Waals surface area contributed by atoms with Crippen LogP contribution >= 0.6 is 0 Å². The Balaban J connectivity index is 0.954. The van der Waals surface area contributed by atoms with E-state index in [1.807, 2.05) is 0 Å². The Hall–Kier alpha value is -8.92. The van der Waals surface area contributed by atoms with Crippen molar-refractivity contribution in [2.24, 2.45) is 0 Å². The van der Waals surface area contributed by atoms with E-state index < -0.39 is 0 Å². The molecule has 0 N–H and O–H groups in total. The monoisotopic (exact) mass is 963 g/mol. The topological polar surface area (TPSA) is 29.5 Å². The van der Waals surface area contributed by atoms with E-state index in [2.05, 4.69) is 263 Å². The van der Waals surface area contributed by atoms with Gasteiger partial charge in [-0.1, -0.05) is 185 Å². The van der Waals surface area contributed by atoms with Gasteiger partial charge in [0.15, 0.2) is 0 Å². The zero-order valence-electron chi connectivity index (χ0n) is 42.5. The summed E-state index contributed by atoms with van der Waals surface area (Å²) in [5, 5.41) is 4.41. The molecule has 3 nitrogen and oxygen atoms in total. The summed E-state index contributed by atoms with van der Waals surface area (Å²) in [7, 11) is 0. The minimum atomic E-state index is -0.171. The molecule has 0 aliphatic heterocycles. The molecule has 358 valence electrons. The molecule has 2 aromatic heterocycles. The molecule has 0 saturated heterocycles. The lowest BCUT2D eigenvalue weighted by molar-refractivity contribution is 0.660. The van der Waals surface area contributed by atoms with Crippen molar-refractivity contribution in [1.82, 2.24) is 0 Å². The molecule has 0 bridgehead atoms. The van der Waals surface area contributed by atoms with E-state index in [4.69, 9.17) is 8.83 Å². The maximum absolute atomic E-state index is 6.73. The van der Waals surface area contributed by atoms with Gasteiger partial charge in [-0.15, -0.1) is 0 Å². The summed E-state index contributed by atoms with van der Waals surface area (Å²) in [6, 6.07) is 76.3. The molecule has 2 heterocycles. The number of hydrogen-bond donors (Lipinski definition) is 0. The van der Waals surface area contributed by atoms with Crippen molar-refractivity contribution in [3.05, 3.63) is 258 Å². The van der Waals surface area contributed by atoms with Crippen molar-refractivity contribution >= 4 is 60.9 Å². The molecule has 0 spiro atoms. The molecule has 3 heteroatoms. The van der Waals surface area contributed by atoms with Crippen LogP contribution in [0.2, 0.25) is 0 Å². The van der Waals surface area contributed by atoms with Crippen LogP contribution in [0.1, 0.15) is 67.9 Å². The van der Waals surface area contributed by atoms with E-state index in [0.717, 1.165) is 95.1 Å². The first-order chi connectivity index (χ1) is 36.7. The third kappa shape index (κ3) is 6.47. The van der Waals surface area contributed by atoms with Gasteiger partial charge in [0.05, 0.1) is 5.69 Å². The van der Waals surface area contributed by atoms with Gasteiger partial charge in [0.25, 0.3) is 0 Å². The Morgan fingerprint density at radius 3 is 1.57 bits per heavy atom. The van der Waals surface area contributed by atoms with E-state index in [1.165, 1.54) is 55.8 Å².